The van der Waals surface area contributed by atoms with Crippen molar-refractivity contribution in [3.05, 3.63) is 0 Å². The minimum atomic E-state index is -4.88. The number of hydrogen-bond donors (Lipinski definition) is 8. The normalized spacial score (nSPS) is 46.4. The average Bonchev–Trinajstić information content (AvgIpc) is 2.60. The van der Waals surface area contributed by atoms with Gasteiger partial charge in [-0.25, -0.2) is 4.18 Å². The standard InChI is InChI=1S/C12H22O14S/c13-1-3-5(14)7(16)9(18)11(24-3)26-12-10(19)8(17)6(15)4(25-12)2-23-27(20,21)22/h3-19H,1-2H2,(H,20,21,22)/t3-,4-,5-,6-,7+,8+,9-,10-,11-,12-/m1/s1. The van der Waals surface area contributed by atoms with Gasteiger partial charge in [0.2, 0.25) is 0 Å². The molecule has 0 saturated carbocycles. The highest BCUT2D eigenvalue weighted by molar-refractivity contribution is 7.80. The maximum absolute atomic E-state index is 10.6. The van der Waals surface area contributed by atoms with Gasteiger partial charge in [-0.1, -0.05) is 0 Å². The molecule has 0 spiro atoms. The van der Waals surface area contributed by atoms with Crippen LogP contribution in [0.2, 0.25) is 0 Å². The fraction of sp³-hybridized carbons (Fsp3) is 1.00. The van der Waals surface area contributed by atoms with Gasteiger partial charge in [0, 0.05) is 0 Å². The molecule has 0 aromatic heterocycles. The quantitative estimate of drug-likeness (QED) is 0.186. The number of rotatable bonds is 6. The van der Waals surface area contributed by atoms with Crippen molar-refractivity contribution >= 4 is 10.4 Å². The van der Waals surface area contributed by atoms with Crippen LogP contribution in [0.5, 0.6) is 0 Å². The Morgan fingerprint density at radius 2 is 1.19 bits per heavy atom. The summed E-state index contributed by atoms with van der Waals surface area (Å²) in [4.78, 5) is 0. The van der Waals surface area contributed by atoms with E-state index in [1.54, 1.807) is 0 Å². The van der Waals surface area contributed by atoms with Gasteiger partial charge in [0.25, 0.3) is 0 Å². The van der Waals surface area contributed by atoms with Crippen LogP contribution in [0.3, 0.4) is 0 Å². The summed E-state index contributed by atoms with van der Waals surface area (Å²) >= 11 is 0. The van der Waals surface area contributed by atoms with Crippen LogP contribution in [-0.4, -0.2) is 123 Å². The second-order valence-corrected chi connectivity index (χ2v) is 7.15. The summed E-state index contributed by atoms with van der Waals surface area (Å²) in [7, 11) is -4.88. The molecule has 0 aliphatic carbocycles. The van der Waals surface area contributed by atoms with Gasteiger partial charge in [0.15, 0.2) is 12.6 Å². The Bertz CT molecular complexity index is 583. The fourth-order valence-corrected chi connectivity index (χ4v) is 2.94. The average molecular weight is 422 g/mol. The van der Waals surface area contributed by atoms with E-state index in [1.807, 2.05) is 0 Å². The Balaban J connectivity index is 2.09. The van der Waals surface area contributed by atoms with Gasteiger partial charge < -0.3 is 50.0 Å². The van der Waals surface area contributed by atoms with Gasteiger partial charge in [-0.2, -0.15) is 8.42 Å². The van der Waals surface area contributed by atoms with Crippen molar-refractivity contribution in [1.29, 1.82) is 0 Å². The largest absolute Gasteiger partial charge is 0.397 e. The molecule has 2 aliphatic rings. The minimum absolute atomic E-state index is 0.745. The lowest BCUT2D eigenvalue weighted by Gasteiger charge is -2.44. The topological polar surface area (TPSA) is 233 Å². The fourth-order valence-electron chi connectivity index (χ4n) is 2.63. The molecule has 0 radical (unpaired) electrons. The van der Waals surface area contributed by atoms with Crippen LogP contribution >= 0.6 is 0 Å². The molecule has 2 heterocycles. The van der Waals surface area contributed by atoms with Crippen LogP contribution in [0.15, 0.2) is 0 Å². The molecule has 27 heavy (non-hydrogen) atoms. The number of hydrogen-bond acceptors (Lipinski definition) is 13. The molecule has 0 aromatic carbocycles. The molecule has 2 saturated heterocycles. The first-order chi connectivity index (χ1) is 12.5. The highest BCUT2D eigenvalue weighted by Crippen LogP contribution is 2.28. The third kappa shape index (κ3) is 5.30. The van der Waals surface area contributed by atoms with Crippen LogP contribution in [0.4, 0.5) is 0 Å². The summed E-state index contributed by atoms with van der Waals surface area (Å²) in [6, 6.07) is 0. The third-order valence-electron chi connectivity index (χ3n) is 4.17. The maximum atomic E-state index is 10.6. The van der Waals surface area contributed by atoms with E-state index in [4.69, 9.17) is 23.9 Å². The molecular formula is C12H22O14S. The van der Waals surface area contributed by atoms with Crippen LogP contribution in [-0.2, 0) is 28.8 Å². The first kappa shape index (κ1) is 22.8. The summed E-state index contributed by atoms with van der Waals surface area (Å²) in [5.41, 5.74) is 0. The molecule has 2 aliphatic heterocycles. The van der Waals surface area contributed by atoms with Crippen LogP contribution in [0.1, 0.15) is 0 Å². The van der Waals surface area contributed by atoms with Crippen LogP contribution < -0.4 is 0 Å². The molecule has 14 nitrogen and oxygen atoms in total. The molecule has 0 amide bonds. The maximum Gasteiger partial charge on any atom is 0.397 e. The molecule has 15 heteroatoms. The summed E-state index contributed by atoms with van der Waals surface area (Å²) in [6.07, 6.45) is -17.3. The molecular weight excluding hydrogens is 400 g/mol. The van der Waals surface area contributed by atoms with Crippen molar-refractivity contribution in [3.8, 4) is 0 Å². The molecule has 10 atom stereocenters. The molecule has 160 valence electrons. The highest BCUT2D eigenvalue weighted by atomic mass is 32.3. The Kier molecular flexibility index (Phi) is 7.47. The van der Waals surface area contributed by atoms with Crippen molar-refractivity contribution in [2.75, 3.05) is 13.2 Å². The molecule has 8 N–H and O–H groups in total. The van der Waals surface area contributed by atoms with E-state index < -0.39 is 85.0 Å². The highest BCUT2D eigenvalue weighted by Gasteiger charge is 2.49. The van der Waals surface area contributed by atoms with Crippen LogP contribution in [0, 0.1) is 0 Å². The smallest absolute Gasteiger partial charge is 0.394 e. The Hall–Kier alpha value is -0.530. The Labute approximate surface area is 153 Å². The van der Waals surface area contributed by atoms with Gasteiger partial charge in [-0.3, -0.25) is 4.55 Å². The van der Waals surface area contributed by atoms with E-state index >= 15 is 0 Å². The van der Waals surface area contributed by atoms with Crippen molar-refractivity contribution in [2.45, 2.75) is 61.4 Å². The third-order valence-corrected chi connectivity index (χ3v) is 4.60. The van der Waals surface area contributed by atoms with Gasteiger partial charge in [-0.05, 0) is 0 Å². The zero-order valence-corrected chi connectivity index (χ0v) is 14.4. The lowest BCUT2D eigenvalue weighted by molar-refractivity contribution is -0.376. The minimum Gasteiger partial charge on any atom is -0.394 e. The Morgan fingerprint density at radius 1 is 0.741 bits per heavy atom. The predicted molar refractivity (Wildman–Crippen MR) is 79.0 cm³/mol. The zero-order valence-electron chi connectivity index (χ0n) is 13.6. The van der Waals surface area contributed by atoms with Gasteiger partial charge in [0.05, 0.1) is 13.2 Å². The van der Waals surface area contributed by atoms with Gasteiger partial charge >= 0.3 is 10.4 Å². The monoisotopic (exact) mass is 422 g/mol. The van der Waals surface area contributed by atoms with E-state index in [2.05, 4.69) is 4.18 Å². The number of ether oxygens (including phenoxy) is 3. The SMILES string of the molecule is O=S(=O)(O)OC[C@H]1O[C@H](O[C@H]2O[C@H](CO)[C@@H](O)[C@H](O)[C@H]2O)[C@H](O)[C@@H](O)[C@@H]1O. The van der Waals surface area contributed by atoms with Crippen molar-refractivity contribution in [1.82, 2.24) is 0 Å². The first-order valence-corrected chi connectivity index (χ1v) is 9.10. The van der Waals surface area contributed by atoms with Crippen molar-refractivity contribution in [2.24, 2.45) is 0 Å². The Morgan fingerprint density at radius 3 is 1.63 bits per heavy atom. The lowest BCUT2D eigenvalue weighted by atomic mass is 9.98. The lowest BCUT2D eigenvalue weighted by Crippen LogP contribution is -2.63. The second kappa shape index (κ2) is 8.87. The first-order valence-electron chi connectivity index (χ1n) is 7.73. The molecule has 2 fully saturated rings. The summed E-state index contributed by atoms with van der Waals surface area (Å²) in [5.74, 6) is 0. The number of aliphatic hydroxyl groups excluding tert-OH is 7. The van der Waals surface area contributed by atoms with E-state index in [1.165, 1.54) is 0 Å². The molecule has 0 bridgehead atoms. The van der Waals surface area contributed by atoms with Crippen LogP contribution in [0.25, 0.3) is 0 Å². The summed E-state index contributed by atoms with van der Waals surface area (Å²) in [6.45, 7) is -1.69. The van der Waals surface area contributed by atoms with Crippen molar-refractivity contribution < 1.29 is 67.1 Å². The summed E-state index contributed by atoms with van der Waals surface area (Å²) < 4.78 is 49.1. The van der Waals surface area contributed by atoms with E-state index in [-0.39, 0.29) is 0 Å². The van der Waals surface area contributed by atoms with E-state index in [0.29, 0.717) is 0 Å². The van der Waals surface area contributed by atoms with Gasteiger partial charge in [-0.15, -0.1) is 0 Å². The predicted octanol–water partition coefficient (Wildman–Crippen LogP) is -5.57. The van der Waals surface area contributed by atoms with Gasteiger partial charge in [0.1, 0.15) is 48.8 Å². The summed E-state index contributed by atoms with van der Waals surface area (Å²) in [5, 5.41) is 68.0. The second-order valence-electron chi connectivity index (χ2n) is 6.06. The molecule has 0 aromatic rings. The van der Waals surface area contributed by atoms with E-state index in [9.17, 15) is 39.1 Å². The molecule has 0 unspecified atom stereocenters. The van der Waals surface area contributed by atoms with Crippen molar-refractivity contribution in [3.63, 3.8) is 0 Å². The zero-order chi connectivity index (χ0) is 20.5. The molecule has 2 rings (SSSR count). The number of aliphatic hydroxyl groups is 7. The van der Waals surface area contributed by atoms with E-state index in [0.717, 1.165) is 0 Å².